The van der Waals surface area contributed by atoms with Gasteiger partial charge in [0.15, 0.2) is 0 Å². The Morgan fingerprint density at radius 1 is 0.682 bits per heavy atom. The number of carbonyl (C=O) groups excluding carboxylic acids is 1. The van der Waals surface area contributed by atoms with E-state index in [1.807, 2.05) is 0 Å². The highest BCUT2D eigenvalue weighted by atomic mass is 16.5. The van der Waals surface area contributed by atoms with Crippen LogP contribution >= 0.6 is 0 Å². The smallest absolute Gasteiger partial charge is 0.330 e. The van der Waals surface area contributed by atoms with E-state index in [0.29, 0.717) is 6.61 Å². The first-order valence-electron chi connectivity index (χ1n) is 16.4. The molecule has 232 valence electrons. The van der Waals surface area contributed by atoms with Crippen LogP contribution in [0.15, 0.2) is 49.1 Å². The van der Waals surface area contributed by atoms with E-state index >= 15 is 0 Å². The largest absolute Gasteiger partial charge is 0.463 e. The molecule has 3 heterocycles. The van der Waals surface area contributed by atoms with Crippen LogP contribution in [0.1, 0.15) is 140 Å². The lowest BCUT2D eigenvalue weighted by atomic mass is 9.59. The molecule has 0 saturated carbocycles. The fourth-order valence-corrected chi connectivity index (χ4v) is 7.83. The van der Waals surface area contributed by atoms with Crippen LogP contribution in [0.3, 0.4) is 0 Å². The van der Waals surface area contributed by atoms with Gasteiger partial charge in [0.25, 0.3) is 0 Å². The van der Waals surface area contributed by atoms with Crippen LogP contribution in [0.5, 0.6) is 0 Å². The van der Waals surface area contributed by atoms with Crippen LogP contribution in [-0.4, -0.2) is 12.6 Å². The summed E-state index contributed by atoms with van der Waals surface area (Å²) in [6.45, 7) is 32.5. The van der Waals surface area contributed by atoms with Crippen molar-refractivity contribution in [2.45, 2.75) is 123 Å². The van der Waals surface area contributed by atoms with Gasteiger partial charge in [-0.3, -0.25) is 0 Å². The number of hydrogen-bond acceptors (Lipinski definition) is 3. The molecular weight excluding hydrogens is 538 g/mol. The first-order chi connectivity index (χ1) is 20.2. The maximum atomic E-state index is 11.7. The van der Waals surface area contributed by atoms with E-state index in [4.69, 9.17) is 4.74 Å². The molecule has 0 radical (unpaired) electrons. The van der Waals surface area contributed by atoms with E-state index in [2.05, 4.69) is 131 Å². The zero-order chi connectivity index (χ0) is 32.4. The molecule has 0 bridgehead atoms. The Labute approximate surface area is 265 Å². The molecule has 0 fully saturated rings. The average molecular weight is 590 g/mol. The number of aryl methyl sites for hydroxylation is 1. The number of ether oxygens (including phenoxy) is 1. The zero-order valence-electron chi connectivity index (χ0n) is 29.1. The summed E-state index contributed by atoms with van der Waals surface area (Å²) >= 11 is 0. The van der Waals surface area contributed by atoms with Crippen molar-refractivity contribution in [1.29, 1.82) is 0 Å². The van der Waals surface area contributed by atoms with Gasteiger partial charge in [0.1, 0.15) is 0 Å². The van der Waals surface area contributed by atoms with Crippen molar-refractivity contribution in [3.05, 3.63) is 99.1 Å². The lowest BCUT2D eigenvalue weighted by Crippen LogP contribution is -2.44. The summed E-state index contributed by atoms with van der Waals surface area (Å²) in [6.07, 6.45) is 2.87. The molecule has 0 saturated heterocycles. The van der Waals surface area contributed by atoms with Gasteiger partial charge in [-0.25, -0.2) is 4.79 Å². The van der Waals surface area contributed by atoms with E-state index in [9.17, 15) is 4.79 Å². The molecule has 3 heteroatoms. The zero-order valence-corrected chi connectivity index (χ0v) is 29.1. The number of carbonyl (C=O) groups is 1. The molecule has 3 nitrogen and oxygen atoms in total. The summed E-state index contributed by atoms with van der Waals surface area (Å²) in [6, 6.07) is 14.9. The van der Waals surface area contributed by atoms with E-state index in [-0.39, 0.29) is 33.0 Å². The summed E-state index contributed by atoms with van der Waals surface area (Å²) in [5.74, 6) is -0.357. The number of esters is 1. The molecule has 0 spiro atoms. The number of nitrogens with zero attached hydrogens (tertiary/aromatic N) is 1. The predicted molar refractivity (Wildman–Crippen MR) is 184 cm³/mol. The molecule has 0 N–H and O–H groups in total. The topological polar surface area (TPSA) is 29.5 Å². The SMILES string of the molecule is C=CC(=O)OCCCc1cc2c3c(c1)C(C)(C)c1cc(C(C)(C)C)cc4c1N3c1c(cc(C(C)(C)C)cc1C4(C)C)C2(C)C. The Balaban J connectivity index is 1.69. The van der Waals surface area contributed by atoms with Crippen LogP contribution in [0.2, 0.25) is 0 Å². The lowest BCUT2D eigenvalue weighted by Gasteiger charge is -2.56. The predicted octanol–water partition coefficient (Wildman–Crippen LogP) is 10.3. The highest BCUT2D eigenvalue weighted by Crippen LogP contribution is 2.67. The fraction of sp³-hybridized carbons (Fsp3) is 0.488. The molecule has 3 aliphatic rings. The molecule has 3 aromatic rings. The highest BCUT2D eigenvalue weighted by Gasteiger charge is 2.52. The van der Waals surface area contributed by atoms with Gasteiger partial charge in [-0.2, -0.15) is 0 Å². The molecule has 6 rings (SSSR count). The van der Waals surface area contributed by atoms with E-state index in [1.165, 1.54) is 73.2 Å². The van der Waals surface area contributed by atoms with Gasteiger partial charge in [-0.1, -0.05) is 126 Å². The minimum Gasteiger partial charge on any atom is -0.463 e. The monoisotopic (exact) mass is 589 g/mol. The third kappa shape index (κ3) is 4.25. The van der Waals surface area contributed by atoms with Gasteiger partial charge in [0.05, 0.1) is 23.7 Å². The number of benzene rings is 3. The second-order valence-corrected chi connectivity index (χ2v) is 17.1. The first-order valence-corrected chi connectivity index (χ1v) is 16.4. The minimum atomic E-state index is -0.357. The third-order valence-corrected chi connectivity index (χ3v) is 10.9. The van der Waals surface area contributed by atoms with Gasteiger partial charge >= 0.3 is 5.97 Å². The normalized spacial score (nSPS) is 18.0. The Hall–Kier alpha value is -3.33. The first kappa shape index (κ1) is 30.7. The van der Waals surface area contributed by atoms with Crippen LogP contribution in [0.25, 0.3) is 0 Å². The number of hydrogen-bond donors (Lipinski definition) is 0. The fourth-order valence-electron chi connectivity index (χ4n) is 7.83. The second-order valence-electron chi connectivity index (χ2n) is 17.1. The maximum absolute atomic E-state index is 11.7. The molecule has 0 aromatic heterocycles. The summed E-state index contributed by atoms with van der Waals surface area (Å²) < 4.78 is 5.35. The van der Waals surface area contributed by atoms with Crippen molar-refractivity contribution in [1.82, 2.24) is 0 Å². The standard InChI is InChI=1S/C41H51NO2/c1-14-33(43)44-17-15-16-24-18-27-34-28(19-24)40(10,11)30-21-26(38(5,6)7)23-32-36(30)42(34)35-29(39(27,8)9)20-25(37(2,3)4)22-31(35)41(32,12)13/h14,18-23H,1,15-17H2,2-13H3. The van der Waals surface area contributed by atoms with Crippen molar-refractivity contribution in [3.63, 3.8) is 0 Å². The van der Waals surface area contributed by atoms with Crippen molar-refractivity contribution in [2.75, 3.05) is 11.5 Å². The molecule has 0 atom stereocenters. The third-order valence-electron chi connectivity index (χ3n) is 10.9. The minimum absolute atomic E-state index is 0.0242. The molecule has 0 unspecified atom stereocenters. The van der Waals surface area contributed by atoms with Gasteiger partial charge in [-0.05, 0) is 73.7 Å². The molecular formula is C41H51NO2. The summed E-state index contributed by atoms with van der Waals surface area (Å²) in [5, 5.41) is 0. The van der Waals surface area contributed by atoms with Crippen LogP contribution in [0, 0.1) is 0 Å². The van der Waals surface area contributed by atoms with E-state index in [1.54, 1.807) is 0 Å². The number of anilines is 3. The molecule has 3 aromatic carbocycles. The van der Waals surface area contributed by atoms with E-state index in [0.717, 1.165) is 12.8 Å². The van der Waals surface area contributed by atoms with Crippen molar-refractivity contribution >= 4 is 23.0 Å². The quantitative estimate of drug-likeness (QED) is 0.168. The highest BCUT2D eigenvalue weighted by molar-refractivity contribution is 5.98. The van der Waals surface area contributed by atoms with Crippen molar-refractivity contribution in [3.8, 4) is 0 Å². The van der Waals surface area contributed by atoms with Crippen molar-refractivity contribution < 1.29 is 9.53 Å². The summed E-state index contributed by atoms with van der Waals surface area (Å²) in [4.78, 5) is 14.4. The molecule has 3 aliphatic heterocycles. The van der Waals surface area contributed by atoms with Gasteiger partial charge in [0.2, 0.25) is 0 Å². The second kappa shape index (κ2) is 9.35. The van der Waals surface area contributed by atoms with E-state index < -0.39 is 0 Å². The Morgan fingerprint density at radius 2 is 1.02 bits per heavy atom. The van der Waals surface area contributed by atoms with Gasteiger partial charge < -0.3 is 9.64 Å². The number of rotatable bonds is 5. The molecule has 44 heavy (non-hydrogen) atoms. The van der Waals surface area contributed by atoms with Crippen LogP contribution in [0.4, 0.5) is 17.1 Å². The van der Waals surface area contributed by atoms with Crippen molar-refractivity contribution in [2.24, 2.45) is 0 Å². The summed E-state index contributed by atoms with van der Waals surface area (Å²) in [5.41, 5.74) is 16.2. The maximum Gasteiger partial charge on any atom is 0.330 e. The molecule has 0 aliphatic carbocycles. The molecule has 0 amide bonds. The Kier molecular flexibility index (Phi) is 6.52. The van der Waals surface area contributed by atoms with Crippen LogP contribution < -0.4 is 4.90 Å². The van der Waals surface area contributed by atoms with Crippen LogP contribution in [-0.2, 0) is 43.0 Å². The van der Waals surface area contributed by atoms with Gasteiger partial charge in [-0.15, -0.1) is 0 Å². The summed E-state index contributed by atoms with van der Waals surface area (Å²) in [7, 11) is 0. The Bertz CT molecular complexity index is 1630. The average Bonchev–Trinajstić information content (AvgIpc) is 2.92. The Morgan fingerprint density at radius 3 is 1.34 bits per heavy atom. The lowest BCUT2D eigenvalue weighted by molar-refractivity contribution is -0.137. The van der Waals surface area contributed by atoms with Gasteiger partial charge in [0, 0.05) is 22.3 Å².